The quantitative estimate of drug-likeness (QED) is 0.885. The molecule has 1 amide bonds. The van der Waals surface area contributed by atoms with Gasteiger partial charge < -0.3 is 5.32 Å². The summed E-state index contributed by atoms with van der Waals surface area (Å²) in [6.45, 7) is 4.72. The zero-order chi connectivity index (χ0) is 17.5. The summed E-state index contributed by atoms with van der Waals surface area (Å²) < 4.78 is 0. The maximum atomic E-state index is 12.4. The Morgan fingerprint density at radius 2 is 1.88 bits per heavy atom. The molecule has 0 aliphatic rings. The highest BCUT2D eigenvalue weighted by Gasteiger charge is 2.18. The molecule has 0 spiro atoms. The molecule has 0 unspecified atom stereocenters. The molecular formula is C20H23N3O. The molecule has 4 nitrogen and oxygen atoms in total. The molecule has 0 aliphatic heterocycles. The van der Waals surface area contributed by atoms with Gasteiger partial charge >= 0.3 is 0 Å². The lowest BCUT2D eigenvalue weighted by Gasteiger charge is -2.24. The summed E-state index contributed by atoms with van der Waals surface area (Å²) in [6, 6.07) is 17.2. The summed E-state index contributed by atoms with van der Waals surface area (Å²) in [5, 5.41) is 11.8. The van der Waals surface area contributed by atoms with E-state index in [0.29, 0.717) is 17.8 Å². The van der Waals surface area contributed by atoms with Crippen molar-refractivity contribution in [3.8, 4) is 6.07 Å². The predicted octanol–water partition coefficient (Wildman–Crippen LogP) is 3.58. The Balaban J connectivity index is 1.97. The number of hydrogen-bond donors (Lipinski definition) is 1. The van der Waals surface area contributed by atoms with Crippen LogP contribution in [-0.4, -0.2) is 23.9 Å². The van der Waals surface area contributed by atoms with Crippen LogP contribution >= 0.6 is 0 Å². The van der Waals surface area contributed by atoms with Crippen molar-refractivity contribution >= 4 is 11.6 Å². The van der Waals surface area contributed by atoms with Gasteiger partial charge in [-0.3, -0.25) is 9.69 Å². The molecular weight excluding hydrogens is 298 g/mol. The van der Waals surface area contributed by atoms with E-state index in [1.165, 1.54) is 11.1 Å². The SMILES string of the molecule is CCc1ccc(CN(C)[C@H](C)C(=O)Nc2cccc(C#N)c2)cc1. The van der Waals surface area contributed by atoms with Crippen molar-refractivity contribution in [2.45, 2.75) is 32.9 Å². The van der Waals surface area contributed by atoms with E-state index in [1.807, 2.05) is 18.9 Å². The van der Waals surface area contributed by atoms with Crippen molar-refractivity contribution in [3.63, 3.8) is 0 Å². The van der Waals surface area contributed by atoms with Crippen molar-refractivity contribution in [1.29, 1.82) is 5.26 Å². The molecule has 0 bridgehead atoms. The van der Waals surface area contributed by atoms with Crippen LogP contribution in [0.3, 0.4) is 0 Å². The van der Waals surface area contributed by atoms with Crippen LogP contribution in [0.25, 0.3) is 0 Å². The van der Waals surface area contributed by atoms with E-state index < -0.39 is 0 Å². The largest absolute Gasteiger partial charge is 0.325 e. The molecule has 0 aromatic heterocycles. The first-order valence-electron chi connectivity index (χ1n) is 8.12. The zero-order valence-electron chi connectivity index (χ0n) is 14.4. The van der Waals surface area contributed by atoms with Gasteiger partial charge in [-0.1, -0.05) is 37.3 Å². The molecule has 0 saturated heterocycles. The van der Waals surface area contributed by atoms with Crippen LogP contribution in [0.15, 0.2) is 48.5 Å². The molecule has 24 heavy (non-hydrogen) atoms. The third-order valence-electron chi connectivity index (χ3n) is 4.16. The molecule has 0 aliphatic carbocycles. The highest BCUT2D eigenvalue weighted by molar-refractivity contribution is 5.94. The number of likely N-dealkylation sites (N-methyl/N-ethyl adjacent to an activating group) is 1. The fraction of sp³-hybridized carbons (Fsp3) is 0.300. The monoisotopic (exact) mass is 321 g/mol. The third kappa shape index (κ3) is 4.68. The van der Waals surface area contributed by atoms with Crippen LogP contribution in [0.4, 0.5) is 5.69 Å². The van der Waals surface area contributed by atoms with Gasteiger partial charge in [0.05, 0.1) is 17.7 Å². The van der Waals surface area contributed by atoms with Gasteiger partial charge in [-0.15, -0.1) is 0 Å². The normalized spacial score (nSPS) is 11.8. The Kier molecular flexibility index (Phi) is 6.11. The molecule has 124 valence electrons. The molecule has 2 aromatic rings. The van der Waals surface area contributed by atoms with E-state index in [2.05, 4.69) is 42.6 Å². The van der Waals surface area contributed by atoms with E-state index in [1.54, 1.807) is 24.3 Å². The minimum absolute atomic E-state index is 0.0854. The number of anilines is 1. The number of nitrogens with zero attached hydrogens (tertiary/aromatic N) is 2. The second-order valence-corrected chi connectivity index (χ2v) is 5.94. The number of nitrogens with one attached hydrogen (secondary N) is 1. The fourth-order valence-electron chi connectivity index (χ4n) is 2.42. The molecule has 4 heteroatoms. The minimum Gasteiger partial charge on any atom is -0.325 e. The van der Waals surface area contributed by atoms with Gasteiger partial charge in [0.25, 0.3) is 0 Å². The number of carbonyl (C=O) groups is 1. The fourth-order valence-corrected chi connectivity index (χ4v) is 2.42. The second-order valence-electron chi connectivity index (χ2n) is 5.94. The topological polar surface area (TPSA) is 56.1 Å². The Hall–Kier alpha value is -2.64. The summed E-state index contributed by atoms with van der Waals surface area (Å²) in [4.78, 5) is 14.4. The zero-order valence-corrected chi connectivity index (χ0v) is 14.4. The van der Waals surface area contributed by atoms with Crippen LogP contribution in [-0.2, 0) is 17.8 Å². The molecule has 0 fully saturated rings. The van der Waals surface area contributed by atoms with Crippen molar-refractivity contribution in [1.82, 2.24) is 4.90 Å². The Bertz CT molecular complexity index is 731. The first-order valence-corrected chi connectivity index (χ1v) is 8.12. The van der Waals surface area contributed by atoms with E-state index in [0.717, 1.165) is 6.42 Å². The van der Waals surface area contributed by atoms with Gasteiger partial charge in [0.2, 0.25) is 5.91 Å². The molecule has 2 aromatic carbocycles. The average molecular weight is 321 g/mol. The van der Waals surface area contributed by atoms with Gasteiger partial charge in [0, 0.05) is 12.2 Å². The minimum atomic E-state index is -0.276. The van der Waals surface area contributed by atoms with Crippen molar-refractivity contribution in [3.05, 3.63) is 65.2 Å². The molecule has 1 N–H and O–H groups in total. The number of aryl methyl sites for hydroxylation is 1. The standard InChI is InChI=1S/C20H23N3O/c1-4-16-8-10-17(11-9-16)14-23(3)15(2)20(24)22-19-7-5-6-18(12-19)13-21/h5-12,15H,4,14H2,1-3H3,(H,22,24)/t15-/m1/s1. The summed E-state index contributed by atoms with van der Waals surface area (Å²) in [7, 11) is 1.93. The van der Waals surface area contributed by atoms with E-state index in [-0.39, 0.29) is 11.9 Å². The summed E-state index contributed by atoms with van der Waals surface area (Å²) >= 11 is 0. The number of hydrogen-bond acceptors (Lipinski definition) is 3. The predicted molar refractivity (Wildman–Crippen MR) is 96.5 cm³/mol. The van der Waals surface area contributed by atoms with Gasteiger partial charge in [0.1, 0.15) is 0 Å². The lowest BCUT2D eigenvalue weighted by atomic mass is 10.1. The van der Waals surface area contributed by atoms with E-state index >= 15 is 0 Å². The lowest BCUT2D eigenvalue weighted by molar-refractivity contribution is -0.120. The maximum absolute atomic E-state index is 12.4. The number of amides is 1. The highest BCUT2D eigenvalue weighted by Crippen LogP contribution is 2.13. The number of rotatable bonds is 6. The second kappa shape index (κ2) is 8.28. The van der Waals surface area contributed by atoms with Gasteiger partial charge in [-0.25, -0.2) is 0 Å². The number of carbonyl (C=O) groups excluding carboxylic acids is 1. The van der Waals surface area contributed by atoms with Crippen molar-refractivity contribution in [2.24, 2.45) is 0 Å². The lowest BCUT2D eigenvalue weighted by Crippen LogP contribution is -2.39. The van der Waals surface area contributed by atoms with Crippen LogP contribution < -0.4 is 5.32 Å². The first-order chi connectivity index (χ1) is 11.5. The van der Waals surface area contributed by atoms with Crippen LogP contribution in [0.2, 0.25) is 0 Å². The average Bonchev–Trinajstić information content (AvgIpc) is 2.61. The van der Waals surface area contributed by atoms with E-state index in [4.69, 9.17) is 5.26 Å². The Morgan fingerprint density at radius 3 is 2.50 bits per heavy atom. The summed E-state index contributed by atoms with van der Waals surface area (Å²) in [5.41, 5.74) is 3.67. The van der Waals surface area contributed by atoms with Gasteiger partial charge in [-0.2, -0.15) is 5.26 Å². The maximum Gasteiger partial charge on any atom is 0.241 e. The van der Waals surface area contributed by atoms with Crippen LogP contribution in [0, 0.1) is 11.3 Å². The highest BCUT2D eigenvalue weighted by atomic mass is 16.2. The molecule has 0 radical (unpaired) electrons. The third-order valence-corrected chi connectivity index (χ3v) is 4.16. The molecule has 0 heterocycles. The van der Waals surface area contributed by atoms with E-state index in [9.17, 15) is 4.79 Å². The first kappa shape index (κ1) is 17.7. The Labute approximate surface area is 143 Å². The molecule has 0 saturated carbocycles. The van der Waals surface area contributed by atoms with Crippen LogP contribution in [0.5, 0.6) is 0 Å². The molecule has 1 atom stereocenters. The smallest absolute Gasteiger partial charge is 0.241 e. The number of nitriles is 1. The number of benzene rings is 2. The van der Waals surface area contributed by atoms with Gasteiger partial charge in [0.15, 0.2) is 0 Å². The Morgan fingerprint density at radius 1 is 1.21 bits per heavy atom. The van der Waals surface area contributed by atoms with Crippen molar-refractivity contribution < 1.29 is 4.79 Å². The summed E-state index contributed by atoms with van der Waals surface area (Å²) in [5.74, 6) is -0.0854. The van der Waals surface area contributed by atoms with Crippen molar-refractivity contribution in [2.75, 3.05) is 12.4 Å². The molecule has 2 rings (SSSR count). The van der Waals surface area contributed by atoms with Gasteiger partial charge in [-0.05, 0) is 49.7 Å². The summed E-state index contributed by atoms with van der Waals surface area (Å²) in [6.07, 6.45) is 1.02. The van der Waals surface area contributed by atoms with Crippen LogP contribution in [0.1, 0.15) is 30.5 Å².